The summed E-state index contributed by atoms with van der Waals surface area (Å²) in [6.45, 7) is 0.432. The summed E-state index contributed by atoms with van der Waals surface area (Å²) < 4.78 is 5.67. The molecule has 5 rings (SSSR count). The van der Waals surface area contributed by atoms with Gasteiger partial charge in [0.15, 0.2) is 0 Å². The lowest BCUT2D eigenvalue weighted by molar-refractivity contribution is -0.172. The van der Waals surface area contributed by atoms with Crippen molar-refractivity contribution in [3.05, 3.63) is 35.9 Å². The number of ether oxygens (including phenoxy) is 1. The quantitative estimate of drug-likeness (QED) is 0.777. The molecular weight excluding hydrogens is 248 g/mol. The fourth-order valence-electron chi connectivity index (χ4n) is 5.24. The third kappa shape index (κ3) is 2.06. The molecule has 0 radical (unpaired) electrons. The fraction of sp³-hybridized carbons (Fsp3) is 0.611. The van der Waals surface area contributed by atoms with E-state index in [1.807, 2.05) is 30.3 Å². The predicted octanol–water partition coefficient (Wildman–Crippen LogP) is 3.95. The molecule has 1 aromatic rings. The van der Waals surface area contributed by atoms with Crippen molar-refractivity contribution >= 4 is 5.97 Å². The van der Waals surface area contributed by atoms with Crippen molar-refractivity contribution < 1.29 is 9.53 Å². The summed E-state index contributed by atoms with van der Waals surface area (Å²) in [7, 11) is 0. The van der Waals surface area contributed by atoms with Crippen LogP contribution >= 0.6 is 0 Å². The molecular formula is C18H22O2. The van der Waals surface area contributed by atoms with Crippen LogP contribution in [0.2, 0.25) is 0 Å². The molecule has 0 atom stereocenters. The number of carbonyl (C=O) groups excluding carboxylic acids is 1. The highest BCUT2D eigenvalue weighted by Crippen LogP contribution is 2.60. The zero-order valence-corrected chi connectivity index (χ0v) is 11.9. The summed E-state index contributed by atoms with van der Waals surface area (Å²) in [5.41, 5.74) is 0.967. The van der Waals surface area contributed by atoms with Crippen molar-refractivity contribution in [2.24, 2.45) is 23.2 Å². The topological polar surface area (TPSA) is 26.3 Å². The molecule has 0 aliphatic heterocycles. The minimum atomic E-state index is -0.121. The van der Waals surface area contributed by atoms with Crippen LogP contribution in [0.5, 0.6) is 0 Å². The third-order valence-electron chi connectivity index (χ3n) is 5.68. The first-order chi connectivity index (χ1) is 9.73. The molecule has 106 valence electrons. The van der Waals surface area contributed by atoms with Crippen LogP contribution in [-0.4, -0.2) is 5.97 Å². The van der Waals surface area contributed by atoms with E-state index in [0.717, 1.165) is 42.6 Å². The van der Waals surface area contributed by atoms with Crippen molar-refractivity contribution in [2.75, 3.05) is 0 Å². The van der Waals surface area contributed by atoms with E-state index >= 15 is 0 Å². The SMILES string of the molecule is O=C(OCc1ccccc1)C12CC3CC(CC(C3)C1)C2. The molecule has 0 aromatic heterocycles. The van der Waals surface area contributed by atoms with Gasteiger partial charge >= 0.3 is 5.97 Å². The molecule has 4 bridgehead atoms. The first-order valence-electron chi connectivity index (χ1n) is 7.95. The average Bonchev–Trinajstić information content (AvgIpc) is 2.44. The van der Waals surface area contributed by atoms with Gasteiger partial charge in [0.05, 0.1) is 5.41 Å². The van der Waals surface area contributed by atoms with Gasteiger partial charge in [-0.1, -0.05) is 30.3 Å². The van der Waals surface area contributed by atoms with Gasteiger partial charge in [-0.2, -0.15) is 0 Å². The number of hydrogen-bond acceptors (Lipinski definition) is 2. The Kier molecular flexibility index (Phi) is 2.87. The Morgan fingerprint density at radius 1 is 1.00 bits per heavy atom. The zero-order chi connectivity index (χ0) is 13.6. The van der Waals surface area contributed by atoms with E-state index in [-0.39, 0.29) is 11.4 Å². The second-order valence-corrected chi connectivity index (χ2v) is 7.26. The van der Waals surface area contributed by atoms with Gasteiger partial charge in [-0.3, -0.25) is 4.79 Å². The van der Waals surface area contributed by atoms with Crippen LogP contribution in [-0.2, 0) is 16.1 Å². The summed E-state index contributed by atoms with van der Waals surface area (Å²) >= 11 is 0. The number of hydrogen-bond donors (Lipinski definition) is 0. The van der Waals surface area contributed by atoms with Gasteiger partial charge in [-0.25, -0.2) is 0 Å². The number of esters is 1. The first kappa shape index (κ1) is 12.4. The Labute approximate surface area is 120 Å². The molecule has 0 saturated heterocycles. The van der Waals surface area contributed by atoms with Crippen LogP contribution in [0, 0.1) is 23.2 Å². The Balaban J connectivity index is 1.46. The molecule has 4 aliphatic rings. The maximum Gasteiger partial charge on any atom is 0.312 e. The normalized spacial score (nSPS) is 37.9. The monoisotopic (exact) mass is 270 g/mol. The average molecular weight is 270 g/mol. The summed E-state index contributed by atoms with van der Waals surface area (Å²) in [6, 6.07) is 10.0. The molecule has 4 saturated carbocycles. The number of rotatable bonds is 3. The van der Waals surface area contributed by atoms with Crippen LogP contribution in [0.4, 0.5) is 0 Å². The van der Waals surface area contributed by atoms with Gasteiger partial charge in [-0.15, -0.1) is 0 Å². The second kappa shape index (κ2) is 4.61. The van der Waals surface area contributed by atoms with E-state index in [2.05, 4.69) is 0 Å². The molecule has 0 spiro atoms. The lowest BCUT2D eigenvalue weighted by Crippen LogP contribution is -2.50. The smallest absolute Gasteiger partial charge is 0.312 e. The van der Waals surface area contributed by atoms with E-state index in [4.69, 9.17) is 4.74 Å². The third-order valence-corrected chi connectivity index (χ3v) is 5.68. The van der Waals surface area contributed by atoms with Gasteiger partial charge in [0.25, 0.3) is 0 Å². The van der Waals surface area contributed by atoms with E-state index < -0.39 is 0 Å². The standard InChI is InChI=1S/C18H22O2/c19-17(20-12-13-4-2-1-3-5-13)18-9-14-6-15(10-18)8-16(7-14)11-18/h1-5,14-16H,6-12H2. The van der Waals surface area contributed by atoms with Crippen molar-refractivity contribution in [3.8, 4) is 0 Å². The van der Waals surface area contributed by atoms with Gasteiger partial charge in [-0.05, 0) is 61.8 Å². The Morgan fingerprint density at radius 3 is 2.10 bits per heavy atom. The molecule has 1 aromatic carbocycles. The maximum absolute atomic E-state index is 12.6. The van der Waals surface area contributed by atoms with Crippen LogP contribution in [0.1, 0.15) is 44.1 Å². The molecule has 0 heterocycles. The molecule has 20 heavy (non-hydrogen) atoms. The number of carbonyl (C=O) groups is 1. The van der Waals surface area contributed by atoms with E-state index in [9.17, 15) is 4.79 Å². The molecule has 2 heteroatoms. The Morgan fingerprint density at radius 2 is 1.55 bits per heavy atom. The van der Waals surface area contributed by atoms with E-state index in [1.165, 1.54) is 19.3 Å². The summed E-state index contributed by atoms with van der Waals surface area (Å²) in [4.78, 5) is 12.6. The van der Waals surface area contributed by atoms with Crippen molar-refractivity contribution in [1.29, 1.82) is 0 Å². The zero-order valence-electron chi connectivity index (χ0n) is 11.9. The molecule has 2 nitrogen and oxygen atoms in total. The molecule has 4 fully saturated rings. The van der Waals surface area contributed by atoms with Crippen molar-refractivity contribution in [1.82, 2.24) is 0 Å². The summed E-state index contributed by atoms with van der Waals surface area (Å²) in [5, 5.41) is 0. The molecule has 0 amide bonds. The lowest BCUT2D eigenvalue weighted by atomic mass is 9.49. The fourth-order valence-corrected chi connectivity index (χ4v) is 5.24. The highest BCUT2D eigenvalue weighted by Gasteiger charge is 2.55. The van der Waals surface area contributed by atoms with Crippen LogP contribution in [0.15, 0.2) is 30.3 Å². The van der Waals surface area contributed by atoms with Crippen molar-refractivity contribution in [2.45, 2.75) is 45.1 Å². The highest BCUT2D eigenvalue weighted by atomic mass is 16.5. The van der Waals surface area contributed by atoms with E-state index in [0.29, 0.717) is 6.61 Å². The predicted molar refractivity (Wildman–Crippen MR) is 76.8 cm³/mol. The minimum absolute atomic E-state index is 0.0838. The van der Waals surface area contributed by atoms with Crippen molar-refractivity contribution in [3.63, 3.8) is 0 Å². The second-order valence-electron chi connectivity index (χ2n) is 7.26. The van der Waals surface area contributed by atoms with Gasteiger partial charge < -0.3 is 4.74 Å². The summed E-state index contributed by atoms with van der Waals surface area (Å²) in [6.07, 6.45) is 7.37. The first-order valence-corrected chi connectivity index (χ1v) is 7.95. The van der Waals surface area contributed by atoms with Crippen LogP contribution < -0.4 is 0 Å². The van der Waals surface area contributed by atoms with Gasteiger partial charge in [0.2, 0.25) is 0 Å². The maximum atomic E-state index is 12.6. The number of benzene rings is 1. The molecule has 4 aliphatic carbocycles. The van der Waals surface area contributed by atoms with Crippen LogP contribution in [0.3, 0.4) is 0 Å². The van der Waals surface area contributed by atoms with Crippen LogP contribution in [0.25, 0.3) is 0 Å². The minimum Gasteiger partial charge on any atom is -0.460 e. The molecule has 0 unspecified atom stereocenters. The lowest BCUT2D eigenvalue weighted by Gasteiger charge is -2.55. The van der Waals surface area contributed by atoms with E-state index in [1.54, 1.807) is 0 Å². The highest BCUT2D eigenvalue weighted by molar-refractivity contribution is 5.77. The van der Waals surface area contributed by atoms with Gasteiger partial charge in [0.1, 0.15) is 6.61 Å². The summed E-state index contributed by atoms with van der Waals surface area (Å²) in [5.74, 6) is 2.47. The largest absolute Gasteiger partial charge is 0.460 e. The Bertz CT molecular complexity index is 470. The Hall–Kier alpha value is -1.31. The van der Waals surface area contributed by atoms with Gasteiger partial charge in [0, 0.05) is 0 Å². The molecule has 0 N–H and O–H groups in total.